The summed E-state index contributed by atoms with van der Waals surface area (Å²) in [6.45, 7) is 6.73. The molecule has 6 nitrogen and oxygen atoms in total. The molecule has 0 saturated carbocycles. The number of carbonyl (C=O) groups is 2. The largest absolute Gasteiger partial charge is 0.507 e. The minimum atomic E-state index is -0.663. The third-order valence-corrected chi connectivity index (χ3v) is 5.74. The number of Topliss-reactive ketones (excluding diaryl/α,β-unsaturated/α-hetero) is 1. The van der Waals surface area contributed by atoms with Crippen molar-refractivity contribution in [3.05, 3.63) is 77.0 Å². The Labute approximate surface area is 187 Å². The highest BCUT2D eigenvalue weighted by Gasteiger charge is 2.46. The highest BCUT2D eigenvalue weighted by Crippen LogP contribution is 2.40. The van der Waals surface area contributed by atoms with E-state index in [2.05, 4.69) is 4.98 Å². The van der Waals surface area contributed by atoms with Crippen LogP contribution >= 0.6 is 0 Å². The highest BCUT2D eigenvalue weighted by molar-refractivity contribution is 6.46. The van der Waals surface area contributed by atoms with Crippen molar-refractivity contribution in [1.82, 2.24) is 9.88 Å². The number of aromatic amines is 1. The number of nitrogens with zero attached hydrogens (tertiary/aromatic N) is 1. The summed E-state index contributed by atoms with van der Waals surface area (Å²) in [6, 6.07) is 14.6. The van der Waals surface area contributed by atoms with E-state index in [1.54, 1.807) is 11.1 Å². The summed E-state index contributed by atoms with van der Waals surface area (Å²) in [7, 11) is 0. The molecule has 2 aromatic carbocycles. The van der Waals surface area contributed by atoms with Crippen molar-refractivity contribution in [3.8, 4) is 0 Å². The molecular formula is C26H28N2O4. The number of aromatic nitrogens is 1. The maximum absolute atomic E-state index is 13.1. The van der Waals surface area contributed by atoms with Crippen LogP contribution < -0.4 is 0 Å². The Kier molecular flexibility index (Phi) is 6.15. The van der Waals surface area contributed by atoms with Crippen LogP contribution in [0.1, 0.15) is 43.0 Å². The Hall–Kier alpha value is -3.38. The average molecular weight is 433 g/mol. The average Bonchev–Trinajstić information content (AvgIpc) is 3.30. The topological polar surface area (TPSA) is 82.6 Å². The first-order valence-corrected chi connectivity index (χ1v) is 10.9. The number of fused-ring (bicyclic) bond motifs is 1. The monoisotopic (exact) mass is 432 g/mol. The van der Waals surface area contributed by atoms with Gasteiger partial charge in [0.15, 0.2) is 0 Å². The summed E-state index contributed by atoms with van der Waals surface area (Å²) in [5.74, 6) is -1.42. The van der Waals surface area contributed by atoms with E-state index in [-0.39, 0.29) is 17.4 Å². The second kappa shape index (κ2) is 9.01. The predicted octanol–water partition coefficient (Wildman–Crippen LogP) is 4.71. The lowest BCUT2D eigenvalue weighted by atomic mass is 9.94. The molecule has 1 aromatic heterocycles. The molecule has 166 valence electrons. The Morgan fingerprint density at radius 3 is 2.69 bits per heavy atom. The number of amides is 1. The number of para-hydroxylation sites is 1. The molecule has 6 heteroatoms. The van der Waals surface area contributed by atoms with Gasteiger partial charge in [0.1, 0.15) is 5.76 Å². The number of nitrogens with one attached hydrogen (secondary N) is 1. The first-order valence-electron chi connectivity index (χ1n) is 10.9. The lowest BCUT2D eigenvalue weighted by Gasteiger charge is -2.25. The number of aliphatic hydroxyl groups is 1. The third-order valence-electron chi connectivity index (χ3n) is 5.74. The molecule has 1 fully saturated rings. The van der Waals surface area contributed by atoms with Crippen molar-refractivity contribution in [2.45, 2.75) is 39.3 Å². The van der Waals surface area contributed by atoms with E-state index in [1.807, 2.05) is 69.3 Å². The van der Waals surface area contributed by atoms with Crippen molar-refractivity contribution in [2.24, 2.45) is 0 Å². The Bertz CT molecular complexity index is 1190. The quantitative estimate of drug-likeness (QED) is 0.245. The van der Waals surface area contributed by atoms with E-state index in [4.69, 9.17) is 4.74 Å². The van der Waals surface area contributed by atoms with E-state index >= 15 is 0 Å². The van der Waals surface area contributed by atoms with Crippen molar-refractivity contribution in [1.29, 1.82) is 0 Å². The van der Waals surface area contributed by atoms with Crippen LogP contribution in [0.5, 0.6) is 0 Å². The molecular weight excluding hydrogens is 404 g/mol. The van der Waals surface area contributed by atoms with Gasteiger partial charge in [-0.15, -0.1) is 0 Å². The number of hydrogen-bond acceptors (Lipinski definition) is 4. The first kappa shape index (κ1) is 21.8. The maximum atomic E-state index is 13.1. The van der Waals surface area contributed by atoms with Crippen LogP contribution in [0, 0.1) is 6.92 Å². The number of carbonyl (C=O) groups excluding carboxylic acids is 2. The van der Waals surface area contributed by atoms with Gasteiger partial charge in [0.2, 0.25) is 0 Å². The van der Waals surface area contributed by atoms with Crippen LogP contribution in [-0.4, -0.2) is 45.9 Å². The van der Waals surface area contributed by atoms with E-state index in [0.29, 0.717) is 25.1 Å². The maximum Gasteiger partial charge on any atom is 0.295 e. The standard InChI is InChI=1S/C26H28N2O4/c1-16(2)32-13-7-12-28-23(18-9-6-8-17(3)14-18)22(25(30)26(28)31)24(29)20-15-27-21-11-5-4-10-19(20)21/h4-6,8-11,14-16,23,27,29H,7,12-13H2,1-3H3/b24-22-. The van der Waals surface area contributed by atoms with Crippen LogP contribution in [0.4, 0.5) is 0 Å². The smallest absolute Gasteiger partial charge is 0.295 e. The van der Waals surface area contributed by atoms with Crippen LogP contribution in [-0.2, 0) is 14.3 Å². The zero-order valence-electron chi connectivity index (χ0n) is 18.6. The SMILES string of the molecule is Cc1cccc(C2/C(=C(/O)c3c[nH]c4ccccc34)C(=O)C(=O)N2CCCOC(C)C)c1. The molecule has 0 radical (unpaired) electrons. The Morgan fingerprint density at radius 1 is 1.16 bits per heavy atom. The van der Waals surface area contributed by atoms with Gasteiger partial charge in [-0.3, -0.25) is 9.59 Å². The van der Waals surface area contributed by atoms with Crippen LogP contribution in [0.3, 0.4) is 0 Å². The van der Waals surface area contributed by atoms with Gasteiger partial charge < -0.3 is 19.7 Å². The molecule has 3 aromatic rings. The highest BCUT2D eigenvalue weighted by atomic mass is 16.5. The number of ether oxygens (including phenoxy) is 1. The van der Waals surface area contributed by atoms with Gasteiger partial charge in [0.05, 0.1) is 17.7 Å². The molecule has 2 N–H and O–H groups in total. The number of H-pyrrole nitrogens is 1. The van der Waals surface area contributed by atoms with Crippen molar-refractivity contribution in [2.75, 3.05) is 13.2 Å². The van der Waals surface area contributed by atoms with Crippen molar-refractivity contribution >= 4 is 28.4 Å². The van der Waals surface area contributed by atoms with Crippen LogP contribution in [0.25, 0.3) is 16.7 Å². The van der Waals surface area contributed by atoms with Gasteiger partial charge in [0, 0.05) is 35.8 Å². The van der Waals surface area contributed by atoms with Gasteiger partial charge in [0.25, 0.3) is 11.7 Å². The molecule has 1 atom stereocenters. The van der Waals surface area contributed by atoms with E-state index in [1.165, 1.54) is 0 Å². The van der Waals surface area contributed by atoms with Gasteiger partial charge in [-0.1, -0.05) is 48.0 Å². The number of aryl methyl sites for hydroxylation is 1. The Balaban J connectivity index is 1.79. The van der Waals surface area contributed by atoms with Crippen molar-refractivity contribution < 1.29 is 19.4 Å². The number of rotatable bonds is 7. The zero-order chi connectivity index (χ0) is 22.8. The number of likely N-dealkylation sites (tertiary alicyclic amines) is 1. The molecule has 0 spiro atoms. The fourth-order valence-electron chi connectivity index (χ4n) is 4.26. The Morgan fingerprint density at radius 2 is 1.94 bits per heavy atom. The third kappa shape index (κ3) is 4.06. The van der Waals surface area contributed by atoms with Crippen molar-refractivity contribution in [3.63, 3.8) is 0 Å². The number of benzene rings is 2. The lowest BCUT2D eigenvalue weighted by Crippen LogP contribution is -2.31. The minimum absolute atomic E-state index is 0.0971. The van der Waals surface area contributed by atoms with Gasteiger partial charge in [-0.25, -0.2) is 0 Å². The molecule has 0 bridgehead atoms. The van der Waals surface area contributed by atoms with Crippen LogP contribution in [0.2, 0.25) is 0 Å². The second-order valence-electron chi connectivity index (χ2n) is 8.43. The fraction of sp³-hybridized carbons (Fsp3) is 0.308. The van der Waals surface area contributed by atoms with E-state index in [0.717, 1.165) is 22.0 Å². The summed E-state index contributed by atoms with van der Waals surface area (Å²) in [4.78, 5) is 30.9. The molecule has 1 saturated heterocycles. The normalized spacial score (nSPS) is 18.2. The van der Waals surface area contributed by atoms with E-state index in [9.17, 15) is 14.7 Å². The zero-order valence-corrected chi connectivity index (χ0v) is 18.6. The van der Waals surface area contributed by atoms with Crippen LogP contribution in [0.15, 0.2) is 60.3 Å². The summed E-state index contributed by atoms with van der Waals surface area (Å²) in [6.07, 6.45) is 2.37. The second-order valence-corrected chi connectivity index (χ2v) is 8.43. The van der Waals surface area contributed by atoms with E-state index < -0.39 is 17.7 Å². The summed E-state index contributed by atoms with van der Waals surface area (Å²) >= 11 is 0. The molecule has 4 rings (SSSR count). The summed E-state index contributed by atoms with van der Waals surface area (Å²) in [5, 5.41) is 12.1. The molecule has 1 amide bonds. The first-order chi connectivity index (χ1) is 15.4. The van der Waals surface area contributed by atoms with Gasteiger partial charge >= 0.3 is 0 Å². The molecule has 0 aliphatic carbocycles. The molecule has 2 heterocycles. The number of ketones is 1. The fourth-order valence-corrected chi connectivity index (χ4v) is 4.26. The molecule has 1 aliphatic rings. The molecule has 1 unspecified atom stereocenters. The molecule has 32 heavy (non-hydrogen) atoms. The predicted molar refractivity (Wildman–Crippen MR) is 124 cm³/mol. The van der Waals surface area contributed by atoms with Gasteiger partial charge in [-0.05, 0) is 38.8 Å². The summed E-state index contributed by atoms with van der Waals surface area (Å²) < 4.78 is 5.62. The molecule has 1 aliphatic heterocycles. The van der Waals surface area contributed by atoms with Gasteiger partial charge in [-0.2, -0.15) is 0 Å². The summed E-state index contributed by atoms with van der Waals surface area (Å²) in [5.41, 5.74) is 3.30. The number of hydrogen-bond donors (Lipinski definition) is 2. The minimum Gasteiger partial charge on any atom is -0.507 e. The lowest BCUT2D eigenvalue weighted by molar-refractivity contribution is -0.140. The number of aliphatic hydroxyl groups excluding tert-OH is 1.